The second kappa shape index (κ2) is 12.0. The van der Waals surface area contributed by atoms with Crippen molar-refractivity contribution in [3.05, 3.63) is 53.6 Å². The van der Waals surface area contributed by atoms with Crippen LogP contribution in [0.25, 0.3) is 0 Å². The predicted octanol–water partition coefficient (Wildman–Crippen LogP) is 5.81. The maximum absolute atomic E-state index is 13.3. The van der Waals surface area contributed by atoms with Gasteiger partial charge in [-0.25, -0.2) is 4.79 Å². The molecule has 14 heteroatoms. The number of nitrogens with one attached hydrogen (secondary N) is 2. The quantitative estimate of drug-likeness (QED) is 0.257. The van der Waals surface area contributed by atoms with E-state index >= 15 is 0 Å². The highest BCUT2D eigenvalue weighted by atomic mass is 19.4. The highest BCUT2D eigenvalue weighted by molar-refractivity contribution is 5.74. The Morgan fingerprint density at radius 2 is 1.50 bits per heavy atom. The van der Waals surface area contributed by atoms with E-state index in [1.165, 1.54) is 18.2 Å². The Bertz CT molecular complexity index is 1140. The fraction of sp³-hybridized carbons (Fsp3) is 0.500. The van der Waals surface area contributed by atoms with Crippen LogP contribution in [-0.4, -0.2) is 60.1 Å². The van der Waals surface area contributed by atoms with Crippen LogP contribution >= 0.6 is 0 Å². The number of piperazine rings is 1. The number of carbonyl (C=O) groups is 1. The molecule has 0 unspecified atom stereocenters. The molecule has 1 aliphatic carbocycles. The molecule has 2 aromatic rings. The fourth-order valence-corrected chi connectivity index (χ4v) is 5.15. The summed E-state index contributed by atoms with van der Waals surface area (Å²) in [6.45, 7) is 2.35. The smallest absolute Gasteiger partial charge is 0.382 e. The lowest BCUT2D eigenvalue weighted by atomic mass is 9.86. The Balaban J connectivity index is 1.19. The molecule has 2 aliphatic rings. The number of anilines is 3. The van der Waals surface area contributed by atoms with Crippen molar-refractivity contribution in [1.82, 2.24) is 10.2 Å². The van der Waals surface area contributed by atoms with Gasteiger partial charge < -0.3 is 20.4 Å². The van der Waals surface area contributed by atoms with Gasteiger partial charge in [-0.05, 0) is 74.1 Å². The number of rotatable bonds is 6. The van der Waals surface area contributed by atoms with Crippen LogP contribution in [0, 0.1) is 5.92 Å². The zero-order valence-corrected chi connectivity index (χ0v) is 21.5. The van der Waals surface area contributed by atoms with Gasteiger partial charge in [0.2, 0.25) is 0 Å². The highest BCUT2D eigenvalue weighted by Crippen LogP contribution is 2.38. The van der Waals surface area contributed by atoms with Gasteiger partial charge in [-0.15, -0.1) is 5.23 Å². The molecule has 2 aromatic carbocycles. The molecule has 2 fully saturated rings. The molecule has 0 aromatic heterocycles. The van der Waals surface area contributed by atoms with Crippen molar-refractivity contribution in [2.75, 3.05) is 48.2 Å². The summed E-state index contributed by atoms with van der Waals surface area (Å²) in [6.07, 6.45) is -6.22. The van der Waals surface area contributed by atoms with Gasteiger partial charge in [-0.1, -0.05) is 0 Å². The lowest BCUT2D eigenvalue weighted by Gasteiger charge is -2.36. The van der Waals surface area contributed by atoms with E-state index < -0.39 is 34.4 Å². The fourth-order valence-electron chi connectivity index (χ4n) is 5.15. The van der Waals surface area contributed by atoms with Gasteiger partial charge in [0, 0.05) is 50.1 Å². The molecular weight excluding hydrogens is 544 g/mol. The standard InChI is InChI=1S/C26H31F6N5O3/c27-25(28,29)18-3-8-21(9-4-18)35-11-13-36(14-12-35)24(38)33-16-17-1-5-19(6-2-17)34-20-7-10-23(37(39)40)22(15-20)26(30,31)32/h3-4,7-10,15,17,19,34,39-40H,1-2,5-6,11-14,16H2,(H,33,38). The largest absolute Gasteiger partial charge is 0.418 e. The number of alkyl halides is 6. The minimum atomic E-state index is -4.76. The molecule has 1 aliphatic heterocycles. The van der Waals surface area contributed by atoms with Gasteiger partial charge >= 0.3 is 18.4 Å². The van der Waals surface area contributed by atoms with Crippen molar-refractivity contribution < 1.29 is 41.6 Å². The first-order chi connectivity index (χ1) is 18.8. The predicted molar refractivity (Wildman–Crippen MR) is 135 cm³/mol. The Morgan fingerprint density at radius 3 is 2.05 bits per heavy atom. The van der Waals surface area contributed by atoms with Gasteiger partial charge in [0.15, 0.2) is 0 Å². The summed E-state index contributed by atoms with van der Waals surface area (Å²) in [7, 11) is 0. The molecule has 0 atom stereocenters. The van der Waals surface area contributed by atoms with Gasteiger partial charge in [-0.3, -0.25) is 10.4 Å². The van der Waals surface area contributed by atoms with Crippen LogP contribution in [0.1, 0.15) is 36.8 Å². The second-order valence-electron chi connectivity index (χ2n) is 10.1. The third-order valence-corrected chi connectivity index (χ3v) is 7.40. The van der Waals surface area contributed by atoms with Crippen molar-refractivity contribution in [2.24, 2.45) is 5.92 Å². The first-order valence-corrected chi connectivity index (χ1v) is 12.9. The molecule has 0 bridgehead atoms. The number of amides is 2. The van der Waals surface area contributed by atoms with E-state index in [9.17, 15) is 31.1 Å². The number of hydrogen-bond donors (Lipinski definition) is 4. The molecule has 220 valence electrons. The van der Waals surface area contributed by atoms with Crippen molar-refractivity contribution in [3.8, 4) is 0 Å². The number of carbonyl (C=O) groups excluding carboxylic acids is 1. The molecule has 1 heterocycles. The van der Waals surface area contributed by atoms with Crippen LogP contribution in [0.15, 0.2) is 42.5 Å². The van der Waals surface area contributed by atoms with Crippen molar-refractivity contribution in [1.29, 1.82) is 0 Å². The molecule has 40 heavy (non-hydrogen) atoms. The van der Waals surface area contributed by atoms with Crippen molar-refractivity contribution in [3.63, 3.8) is 0 Å². The number of hydrogen-bond acceptors (Lipinski definition) is 6. The second-order valence-corrected chi connectivity index (χ2v) is 10.1. The van der Waals surface area contributed by atoms with Crippen LogP contribution in [0.3, 0.4) is 0 Å². The van der Waals surface area contributed by atoms with Crippen LogP contribution < -0.4 is 20.8 Å². The molecular formula is C26H31F6N5O3. The number of urea groups is 1. The zero-order valence-electron chi connectivity index (χ0n) is 21.5. The van der Waals surface area contributed by atoms with Gasteiger partial charge in [0.1, 0.15) is 5.69 Å². The molecule has 1 saturated heterocycles. The molecule has 2 amide bonds. The highest BCUT2D eigenvalue weighted by Gasteiger charge is 2.36. The lowest BCUT2D eigenvalue weighted by molar-refractivity contribution is -0.139. The Morgan fingerprint density at radius 1 is 0.875 bits per heavy atom. The summed E-state index contributed by atoms with van der Waals surface area (Å²) in [5.74, 6) is 0.223. The Hall–Kier alpha value is -3.39. The Kier molecular flexibility index (Phi) is 8.88. The molecule has 4 N–H and O–H groups in total. The molecule has 0 spiro atoms. The third-order valence-electron chi connectivity index (χ3n) is 7.40. The first-order valence-electron chi connectivity index (χ1n) is 12.9. The van der Waals surface area contributed by atoms with E-state index in [4.69, 9.17) is 10.4 Å². The normalized spacial score (nSPS) is 20.3. The first kappa shape index (κ1) is 29.6. The summed E-state index contributed by atoms with van der Waals surface area (Å²) in [5.41, 5.74) is -1.74. The minimum absolute atomic E-state index is 0.0588. The van der Waals surface area contributed by atoms with E-state index in [1.54, 1.807) is 4.90 Å². The number of halogens is 6. The third kappa shape index (κ3) is 7.42. The monoisotopic (exact) mass is 575 g/mol. The topological polar surface area (TPSA) is 91.3 Å². The summed E-state index contributed by atoms with van der Waals surface area (Å²) in [4.78, 5) is 16.3. The van der Waals surface area contributed by atoms with E-state index in [0.29, 0.717) is 51.3 Å². The molecule has 8 nitrogen and oxygen atoms in total. The van der Waals surface area contributed by atoms with E-state index in [0.717, 1.165) is 37.1 Å². The SMILES string of the molecule is O=C(NCC1CCC(Nc2ccc(N(O)O)c(C(F)(F)F)c2)CC1)N1CCN(c2ccc(C(F)(F)F)cc2)CC1. The van der Waals surface area contributed by atoms with E-state index in [1.807, 2.05) is 4.90 Å². The maximum Gasteiger partial charge on any atom is 0.418 e. The maximum atomic E-state index is 13.3. The summed E-state index contributed by atoms with van der Waals surface area (Å²) >= 11 is 0. The molecule has 1 saturated carbocycles. The summed E-state index contributed by atoms with van der Waals surface area (Å²) in [6, 6.07) is 7.90. The van der Waals surface area contributed by atoms with E-state index in [-0.39, 0.29) is 23.7 Å². The number of benzene rings is 2. The number of nitrogens with zero attached hydrogens (tertiary/aromatic N) is 3. The average Bonchev–Trinajstić information content (AvgIpc) is 2.91. The van der Waals surface area contributed by atoms with E-state index in [2.05, 4.69) is 10.6 Å². The molecule has 0 radical (unpaired) electrons. The van der Waals surface area contributed by atoms with Crippen LogP contribution in [0.4, 0.5) is 48.2 Å². The zero-order chi connectivity index (χ0) is 29.1. The average molecular weight is 576 g/mol. The summed E-state index contributed by atoms with van der Waals surface area (Å²) in [5, 5.41) is 23.6. The van der Waals surface area contributed by atoms with Crippen molar-refractivity contribution >= 4 is 23.1 Å². The van der Waals surface area contributed by atoms with Crippen LogP contribution in [0.2, 0.25) is 0 Å². The summed E-state index contributed by atoms with van der Waals surface area (Å²) < 4.78 is 78.2. The Labute approximate surface area is 227 Å². The minimum Gasteiger partial charge on any atom is -0.382 e. The van der Waals surface area contributed by atoms with Gasteiger partial charge in [0.05, 0.1) is 11.1 Å². The van der Waals surface area contributed by atoms with Crippen LogP contribution in [0.5, 0.6) is 0 Å². The van der Waals surface area contributed by atoms with Gasteiger partial charge in [0.25, 0.3) is 0 Å². The lowest BCUT2D eigenvalue weighted by Crippen LogP contribution is -2.52. The molecule has 4 rings (SSSR count). The van der Waals surface area contributed by atoms with Crippen molar-refractivity contribution in [2.45, 2.75) is 44.1 Å². The van der Waals surface area contributed by atoms with Gasteiger partial charge in [-0.2, -0.15) is 26.3 Å². The van der Waals surface area contributed by atoms with Crippen LogP contribution in [-0.2, 0) is 12.4 Å².